The number of nitrogens with one attached hydrogen (secondary N) is 1. The van der Waals surface area contributed by atoms with Crippen molar-refractivity contribution in [3.05, 3.63) is 35.4 Å². The first-order valence-electron chi connectivity index (χ1n) is 7.23. The molecule has 1 amide bonds. The highest BCUT2D eigenvalue weighted by Crippen LogP contribution is 2.23. The van der Waals surface area contributed by atoms with Crippen molar-refractivity contribution in [3.63, 3.8) is 0 Å². The molecule has 2 N–H and O–H groups in total. The third-order valence-electron chi connectivity index (χ3n) is 3.89. The average Bonchev–Trinajstić information content (AvgIpc) is 2.47. The van der Waals surface area contributed by atoms with Crippen LogP contribution in [0.4, 0.5) is 0 Å². The van der Waals surface area contributed by atoms with Crippen molar-refractivity contribution in [1.29, 1.82) is 0 Å². The van der Waals surface area contributed by atoms with Crippen LogP contribution < -0.4 is 5.32 Å². The third-order valence-corrected chi connectivity index (χ3v) is 3.89. The van der Waals surface area contributed by atoms with Gasteiger partial charge >= 0.3 is 0 Å². The maximum atomic E-state index is 12.0. The minimum absolute atomic E-state index is 0.0277. The number of carbonyl (C=O) groups is 1. The molecular weight excluding hydrogens is 254 g/mol. The van der Waals surface area contributed by atoms with Crippen molar-refractivity contribution < 1.29 is 14.6 Å². The zero-order valence-electron chi connectivity index (χ0n) is 12.0. The van der Waals surface area contributed by atoms with Crippen LogP contribution in [0.2, 0.25) is 0 Å². The van der Waals surface area contributed by atoms with E-state index in [-0.39, 0.29) is 12.0 Å². The standard InChI is InChI=1S/C16H23NO3/c1-20-11-13-2-6-14(7-3-13)16(19)17-10-12-4-8-15(18)9-5-12/h2-3,6-7,12,15,18H,4-5,8-11H2,1H3,(H,17,19). The topological polar surface area (TPSA) is 58.6 Å². The molecule has 1 fully saturated rings. The summed E-state index contributed by atoms with van der Waals surface area (Å²) in [5.74, 6) is 0.468. The van der Waals surface area contributed by atoms with Crippen LogP contribution in [0, 0.1) is 5.92 Å². The molecule has 110 valence electrons. The van der Waals surface area contributed by atoms with Crippen LogP contribution in [0.15, 0.2) is 24.3 Å². The molecule has 0 heterocycles. The van der Waals surface area contributed by atoms with Gasteiger partial charge in [0.1, 0.15) is 0 Å². The van der Waals surface area contributed by atoms with Crippen LogP contribution in [0.3, 0.4) is 0 Å². The van der Waals surface area contributed by atoms with Crippen molar-refractivity contribution in [2.45, 2.75) is 38.4 Å². The molecule has 4 nitrogen and oxygen atoms in total. The summed E-state index contributed by atoms with van der Waals surface area (Å²) < 4.78 is 5.04. The highest BCUT2D eigenvalue weighted by molar-refractivity contribution is 5.94. The number of ether oxygens (including phenoxy) is 1. The lowest BCUT2D eigenvalue weighted by Gasteiger charge is -2.25. The van der Waals surface area contributed by atoms with Gasteiger partial charge in [0.2, 0.25) is 0 Å². The first kappa shape index (κ1) is 15.0. The summed E-state index contributed by atoms with van der Waals surface area (Å²) in [6.45, 7) is 1.26. The molecule has 0 unspecified atom stereocenters. The van der Waals surface area contributed by atoms with Gasteiger partial charge in [-0.05, 0) is 49.3 Å². The number of amides is 1. The third kappa shape index (κ3) is 4.32. The van der Waals surface area contributed by atoms with Gasteiger partial charge < -0.3 is 15.2 Å². The van der Waals surface area contributed by atoms with E-state index in [9.17, 15) is 9.90 Å². The Labute approximate surface area is 120 Å². The van der Waals surface area contributed by atoms with E-state index >= 15 is 0 Å². The second-order valence-electron chi connectivity index (χ2n) is 5.51. The molecule has 0 saturated heterocycles. The highest BCUT2D eigenvalue weighted by Gasteiger charge is 2.19. The molecule has 0 spiro atoms. The number of methoxy groups -OCH3 is 1. The zero-order chi connectivity index (χ0) is 14.4. The van der Waals surface area contributed by atoms with E-state index in [1.54, 1.807) is 7.11 Å². The van der Waals surface area contributed by atoms with Gasteiger partial charge in [0.05, 0.1) is 12.7 Å². The first-order valence-corrected chi connectivity index (χ1v) is 7.23. The Balaban J connectivity index is 1.79. The van der Waals surface area contributed by atoms with E-state index in [1.165, 1.54) is 0 Å². The van der Waals surface area contributed by atoms with Crippen molar-refractivity contribution in [2.75, 3.05) is 13.7 Å². The molecule has 0 atom stereocenters. The van der Waals surface area contributed by atoms with Gasteiger partial charge in [0.15, 0.2) is 0 Å². The number of carbonyl (C=O) groups excluding carboxylic acids is 1. The smallest absolute Gasteiger partial charge is 0.251 e. The summed E-state index contributed by atoms with van der Waals surface area (Å²) in [7, 11) is 1.65. The van der Waals surface area contributed by atoms with E-state index < -0.39 is 0 Å². The van der Waals surface area contributed by atoms with Crippen LogP contribution in [0.5, 0.6) is 0 Å². The van der Waals surface area contributed by atoms with Crippen LogP contribution in [0.1, 0.15) is 41.6 Å². The van der Waals surface area contributed by atoms with Crippen LogP contribution >= 0.6 is 0 Å². The van der Waals surface area contributed by atoms with Crippen molar-refractivity contribution in [2.24, 2.45) is 5.92 Å². The lowest BCUT2D eigenvalue weighted by molar-refractivity contribution is 0.0910. The molecule has 2 rings (SSSR count). The Kier molecular flexibility index (Phi) is 5.56. The van der Waals surface area contributed by atoms with Gasteiger partial charge in [-0.2, -0.15) is 0 Å². The van der Waals surface area contributed by atoms with Crippen LogP contribution in [-0.4, -0.2) is 30.8 Å². The number of rotatable bonds is 5. The highest BCUT2D eigenvalue weighted by atomic mass is 16.5. The fourth-order valence-electron chi connectivity index (χ4n) is 2.61. The van der Waals surface area contributed by atoms with E-state index in [2.05, 4.69) is 5.32 Å². The Morgan fingerprint density at radius 2 is 1.90 bits per heavy atom. The van der Waals surface area contributed by atoms with Gasteiger partial charge in [0.25, 0.3) is 5.91 Å². The predicted molar refractivity (Wildman–Crippen MR) is 77.5 cm³/mol. The van der Waals surface area contributed by atoms with Gasteiger partial charge in [-0.25, -0.2) is 0 Å². The molecule has 1 aromatic rings. The maximum Gasteiger partial charge on any atom is 0.251 e. The fraction of sp³-hybridized carbons (Fsp3) is 0.562. The molecule has 1 aliphatic rings. The van der Waals surface area contributed by atoms with Crippen LogP contribution in [0.25, 0.3) is 0 Å². The number of hydrogen-bond donors (Lipinski definition) is 2. The lowest BCUT2D eigenvalue weighted by atomic mass is 9.87. The van der Waals surface area contributed by atoms with Crippen molar-refractivity contribution in [3.8, 4) is 0 Å². The quantitative estimate of drug-likeness (QED) is 0.866. The van der Waals surface area contributed by atoms with Crippen molar-refractivity contribution >= 4 is 5.91 Å². The normalized spacial score (nSPS) is 22.5. The van der Waals surface area contributed by atoms with Gasteiger partial charge in [-0.3, -0.25) is 4.79 Å². The first-order chi connectivity index (χ1) is 9.69. The van der Waals surface area contributed by atoms with Gasteiger partial charge in [0, 0.05) is 19.2 Å². The number of benzene rings is 1. The fourth-order valence-corrected chi connectivity index (χ4v) is 2.61. The largest absolute Gasteiger partial charge is 0.393 e. The number of aliphatic hydroxyl groups is 1. The minimum Gasteiger partial charge on any atom is -0.393 e. The number of aliphatic hydroxyl groups excluding tert-OH is 1. The molecule has 0 radical (unpaired) electrons. The minimum atomic E-state index is -0.143. The molecule has 1 saturated carbocycles. The Morgan fingerprint density at radius 1 is 1.25 bits per heavy atom. The second kappa shape index (κ2) is 7.41. The predicted octanol–water partition coefficient (Wildman–Crippen LogP) is 2.11. The van der Waals surface area contributed by atoms with Gasteiger partial charge in [-0.15, -0.1) is 0 Å². The molecule has 0 aliphatic heterocycles. The molecule has 1 aromatic carbocycles. The van der Waals surface area contributed by atoms with Crippen LogP contribution in [-0.2, 0) is 11.3 Å². The summed E-state index contributed by atoms with van der Waals surface area (Å²) in [6, 6.07) is 7.48. The molecule has 0 aromatic heterocycles. The molecule has 0 bridgehead atoms. The summed E-state index contributed by atoms with van der Waals surface area (Å²) >= 11 is 0. The van der Waals surface area contributed by atoms with E-state index in [0.29, 0.717) is 24.6 Å². The SMILES string of the molecule is COCc1ccc(C(=O)NCC2CCC(O)CC2)cc1. The summed E-state index contributed by atoms with van der Waals surface area (Å²) in [4.78, 5) is 12.0. The molecule has 1 aliphatic carbocycles. The summed E-state index contributed by atoms with van der Waals surface area (Å²) in [5.41, 5.74) is 1.74. The second-order valence-corrected chi connectivity index (χ2v) is 5.51. The Bertz CT molecular complexity index is 422. The Morgan fingerprint density at radius 3 is 2.50 bits per heavy atom. The van der Waals surface area contributed by atoms with E-state index in [1.807, 2.05) is 24.3 Å². The lowest BCUT2D eigenvalue weighted by Crippen LogP contribution is -2.32. The number of hydrogen-bond acceptors (Lipinski definition) is 3. The zero-order valence-corrected chi connectivity index (χ0v) is 12.0. The molecular formula is C16H23NO3. The molecule has 20 heavy (non-hydrogen) atoms. The Hall–Kier alpha value is -1.39. The summed E-state index contributed by atoms with van der Waals surface area (Å²) in [6.07, 6.45) is 3.55. The van der Waals surface area contributed by atoms with Crippen molar-refractivity contribution in [1.82, 2.24) is 5.32 Å². The monoisotopic (exact) mass is 277 g/mol. The van der Waals surface area contributed by atoms with Gasteiger partial charge in [-0.1, -0.05) is 12.1 Å². The average molecular weight is 277 g/mol. The molecule has 4 heteroatoms. The van der Waals surface area contributed by atoms with E-state index in [0.717, 1.165) is 31.2 Å². The van der Waals surface area contributed by atoms with E-state index in [4.69, 9.17) is 4.74 Å². The summed E-state index contributed by atoms with van der Waals surface area (Å²) in [5, 5.41) is 12.4. The maximum absolute atomic E-state index is 12.0.